The number of hydrogen-bond acceptors (Lipinski definition) is 4. The summed E-state index contributed by atoms with van der Waals surface area (Å²) in [5, 5.41) is 10.2. The lowest BCUT2D eigenvalue weighted by molar-refractivity contribution is -0.117. The number of carbonyl (C=O) groups excluding carboxylic acids is 2. The second kappa shape index (κ2) is 7.09. The minimum Gasteiger partial charge on any atom is -0.507 e. The third-order valence-corrected chi connectivity index (χ3v) is 4.62. The van der Waals surface area contributed by atoms with Crippen molar-refractivity contribution in [2.24, 2.45) is 0 Å². The summed E-state index contributed by atoms with van der Waals surface area (Å²) in [5.74, 6) is -0.525. The monoisotopic (exact) mass is 338 g/mol. The molecule has 130 valence electrons. The van der Waals surface area contributed by atoms with E-state index in [9.17, 15) is 14.7 Å². The van der Waals surface area contributed by atoms with Crippen LogP contribution in [0, 0.1) is 0 Å². The van der Waals surface area contributed by atoms with Gasteiger partial charge in [0, 0.05) is 0 Å². The molecule has 0 bridgehead atoms. The van der Waals surface area contributed by atoms with Crippen LogP contribution in [-0.4, -0.2) is 23.3 Å². The molecule has 4 nitrogen and oxygen atoms in total. The number of ether oxygens (including phenoxy) is 1. The number of phenols is 1. The largest absolute Gasteiger partial charge is 0.507 e. The summed E-state index contributed by atoms with van der Waals surface area (Å²) < 4.78 is 5.85. The topological polar surface area (TPSA) is 63.6 Å². The standard InChI is InChI=1S/C21H22O4/c1-3-4-5-12-25-17-11-7-9-15-18(13(2)22)14-8-6-10-16(23)19(14)21(24)20(15)17/h6-11,18,23H,3-5,12H2,1-2H3. The molecule has 0 aliphatic heterocycles. The van der Waals surface area contributed by atoms with E-state index < -0.39 is 5.92 Å². The van der Waals surface area contributed by atoms with Gasteiger partial charge in [-0.25, -0.2) is 0 Å². The fourth-order valence-corrected chi connectivity index (χ4v) is 3.46. The Bertz CT molecular complexity index is 823. The molecule has 1 aliphatic carbocycles. The highest BCUT2D eigenvalue weighted by atomic mass is 16.5. The average molecular weight is 338 g/mol. The van der Waals surface area contributed by atoms with Crippen molar-refractivity contribution in [3.8, 4) is 11.5 Å². The van der Waals surface area contributed by atoms with E-state index in [0.29, 0.717) is 29.0 Å². The summed E-state index contributed by atoms with van der Waals surface area (Å²) in [5.41, 5.74) is 1.82. The molecule has 25 heavy (non-hydrogen) atoms. The van der Waals surface area contributed by atoms with Crippen LogP contribution in [0.5, 0.6) is 11.5 Å². The third kappa shape index (κ3) is 3.04. The zero-order chi connectivity index (χ0) is 18.0. The highest BCUT2D eigenvalue weighted by molar-refractivity contribution is 6.17. The van der Waals surface area contributed by atoms with Crippen molar-refractivity contribution >= 4 is 11.6 Å². The first-order valence-electron chi connectivity index (χ1n) is 8.69. The molecule has 0 heterocycles. The highest BCUT2D eigenvalue weighted by Crippen LogP contribution is 2.43. The predicted molar refractivity (Wildman–Crippen MR) is 95.5 cm³/mol. The lowest BCUT2D eigenvalue weighted by Crippen LogP contribution is -2.24. The van der Waals surface area contributed by atoms with Crippen molar-refractivity contribution in [1.29, 1.82) is 0 Å². The van der Waals surface area contributed by atoms with Crippen molar-refractivity contribution in [3.05, 3.63) is 58.7 Å². The summed E-state index contributed by atoms with van der Waals surface area (Å²) >= 11 is 0. The molecule has 0 spiro atoms. The summed E-state index contributed by atoms with van der Waals surface area (Å²) in [6, 6.07) is 10.2. The van der Waals surface area contributed by atoms with Gasteiger partial charge in [-0.15, -0.1) is 0 Å². The SMILES string of the molecule is CCCCCOc1cccc2c1C(=O)c1c(O)cccc1C2C(C)=O. The Hall–Kier alpha value is -2.62. The van der Waals surface area contributed by atoms with E-state index in [2.05, 4.69) is 6.92 Å². The van der Waals surface area contributed by atoms with Gasteiger partial charge in [0.05, 0.1) is 23.7 Å². The van der Waals surface area contributed by atoms with Gasteiger partial charge in [-0.05, 0) is 36.6 Å². The molecule has 1 atom stereocenters. The molecule has 0 radical (unpaired) electrons. The summed E-state index contributed by atoms with van der Waals surface area (Å²) in [4.78, 5) is 25.4. The number of phenolic OH excluding ortho intramolecular Hbond substituents is 1. The summed E-state index contributed by atoms with van der Waals surface area (Å²) in [6.45, 7) is 4.15. The Balaban J connectivity index is 2.10. The first-order valence-corrected chi connectivity index (χ1v) is 8.69. The van der Waals surface area contributed by atoms with E-state index in [-0.39, 0.29) is 22.9 Å². The second-order valence-corrected chi connectivity index (χ2v) is 6.39. The van der Waals surface area contributed by atoms with Crippen LogP contribution in [0.15, 0.2) is 36.4 Å². The number of rotatable bonds is 6. The maximum absolute atomic E-state index is 13.1. The molecule has 1 aliphatic rings. The molecule has 2 aromatic carbocycles. The van der Waals surface area contributed by atoms with Crippen molar-refractivity contribution in [2.75, 3.05) is 6.61 Å². The van der Waals surface area contributed by atoms with Gasteiger partial charge >= 0.3 is 0 Å². The number of hydrogen-bond donors (Lipinski definition) is 1. The number of ketones is 2. The molecule has 0 saturated carbocycles. The molecule has 0 fully saturated rings. The number of fused-ring (bicyclic) bond motifs is 2. The van der Waals surface area contributed by atoms with Crippen LogP contribution < -0.4 is 4.74 Å². The molecule has 1 N–H and O–H groups in total. The zero-order valence-corrected chi connectivity index (χ0v) is 14.5. The minimum atomic E-state index is -0.561. The molecule has 0 amide bonds. The summed E-state index contributed by atoms with van der Waals surface area (Å²) in [7, 11) is 0. The Morgan fingerprint density at radius 2 is 1.76 bits per heavy atom. The number of unbranched alkanes of at least 4 members (excludes halogenated alkanes) is 2. The fourth-order valence-electron chi connectivity index (χ4n) is 3.46. The van der Waals surface area contributed by atoms with Gasteiger partial charge in [0.15, 0.2) is 0 Å². The van der Waals surface area contributed by atoms with Crippen molar-refractivity contribution in [3.63, 3.8) is 0 Å². The molecular formula is C21H22O4. The zero-order valence-electron chi connectivity index (χ0n) is 14.5. The van der Waals surface area contributed by atoms with Gasteiger partial charge in [-0.3, -0.25) is 9.59 Å². The van der Waals surface area contributed by atoms with Crippen LogP contribution in [0.2, 0.25) is 0 Å². The number of aromatic hydroxyl groups is 1. The molecule has 2 aromatic rings. The van der Waals surface area contributed by atoms with Crippen molar-refractivity contribution in [2.45, 2.75) is 39.0 Å². The smallest absolute Gasteiger partial charge is 0.201 e. The van der Waals surface area contributed by atoms with Crippen LogP contribution in [0.4, 0.5) is 0 Å². The van der Waals surface area contributed by atoms with Gasteiger partial charge < -0.3 is 9.84 Å². The Labute approximate surface area is 147 Å². The molecule has 0 saturated heterocycles. The number of benzene rings is 2. The van der Waals surface area contributed by atoms with Gasteiger partial charge in [0.25, 0.3) is 0 Å². The second-order valence-electron chi connectivity index (χ2n) is 6.39. The van der Waals surface area contributed by atoms with E-state index >= 15 is 0 Å². The normalized spacial score (nSPS) is 15.4. The van der Waals surface area contributed by atoms with E-state index in [0.717, 1.165) is 19.3 Å². The van der Waals surface area contributed by atoms with Gasteiger partial charge in [-0.2, -0.15) is 0 Å². The first kappa shape index (κ1) is 17.2. The van der Waals surface area contributed by atoms with Crippen LogP contribution >= 0.6 is 0 Å². The molecule has 3 rings (SSSR count). The fraction of sp³-hybridized carbons (Fsp3) is 0.333. The van der Waals surface area contributed by atoms with Gasteiger partial charge in [0.2, 0.25) is 5.78 Å². The average Bonchev–Trinajstić information content (AvgIpc) is 2.58. The predicted octanol–water partition coefficient (Wildman–Crippen LogP) is 4.23. The van der Waals surface area contributed by atoms with Gasteiger partial charge in [-0.1, -0.05) is 44.0 Å². The number of Topliss-reactive ketones (excluding diaryl/α,β-unsaturated/α-hetero) is 1. The lowest BCUT2D eigenvalue weighted by Gasteiger charge is -2.27. The molecule has 0 aromatic heterocycles. The van der Waals surface area contributed by atoms with Crippen molar-refractivity contribution < 1.29 is 19.4 Å². The molecular weight excluding hydrogens is 316 g/mol. The minimum absolute atomic E-state index is 0.0660. The Kier molecular flexibility index (Phi) is 4.88. The molecule has 1 unspecified atom stereocenters. The quantitative estimate of drug-likeness (QED) is 0.801. The summed E-state index contributed by atoms with van der Waals surface area (Å²) in [6.07, 6.45) is 3.05. The maximum atomic E-state index is 13.1. The lowest BCUT2D eigenvalue weighted by atomic mass is 9.75. The van der Waals surface area contributed by atoms with Gasteiger partial charge in [0.1, 0.15) is 17.3 Å². The third-order valence-electron chi connectivity index (χ3n) is 4.62. The Morgan fingerprint density at radius 3 is 2.44 bits per heavy atom. The van der Waals surface area contributed by atoms with Crippen LogP contribution in [0.1, 0.15) is 66.1 Å². The van der Waals surface area contributed by atoms with Crippen LogP contribution in [0.3, 0.4) is 0 Å². The first-order chi connectivity index (χ1) is 12.1. The van der Waals surface area contributed by atoms with E-state index in [1.54, 1.807) is 24.3 Å². The maximum Gasteiger partial charge on any atom is 0.201 e. The van der Waals surface area contributed by atoms with E-state index in [1.165, 1.54) is 13.0 Å². The molecule has 4 heteroatoms. The van der Waals surface area contributed by atoms with Crippen molar-refractivity contribution in [1.82, 2.24) is 0 Å². The Morgan fingerprint density at radius 1 is 1.08 bits per heavy atom. The van der Waals surface area contributed by atoms with E-state index in [1.807, 2.05) is 6.07 Å². The van der Waals surface area contributed by atoms with Crippen LogP contribution in [0.25, 0.3) is 0 Å². The van der Waals surface area contributed by atoms with E-state index in [4.69, 9.17) is 4.74 Å². The number of carbonyl (C=O) groups is 2. The highest BCUT2D eigenvalue weighted by Gasteiger charge is 2.37. The van der Waals surface area contributed by atoms with Crippen LogP contribution in [-0.2, 0) is 4.79 Å².